The van der Waals surface area contributed by atoms with Crippen molar-refractivity contribution in [2.45, 2.75) is 18.3 Å². The maximum atomic E-state index is 14.7. The van der Waals surface area contributed by atoms with Crippen LogP contribution < -0.4 is 10.2 Å². The van der Waals surface area contributed by atoms with Crippen LogP contribution in [0.15, 0.2) is 46.9 Å². The van der Waals surface area contributed by atoms with Gasteiger partial charge in [-0.3, -0.25) is 4.79 Å². The summed E-state index contributed by atoms with van der Waals surface area (Å²) in [5, 5.41) is 2.95. The minimum Gasteiger partial charge on any atom is -0.381 e. The van der Waals surface area contributed by atoms with Gasteiger partial charge in [0.05, 0.1) is 24.3 Å². The first kappa shape index (κ1) is 20.3. The molecule has 0 radical (unpaired) electrons. The van der Waals surface area contributed by atoms with Crippen molar-refractivity contribution in [3.05, 3.63) is 58.3 Å². The van der Waals surface area contributed by atoms with E-state index in [1.165, 1.54) is 6.07 Å². The zero-order chi connectivity index (χ0) is 20.3. The van der Waals surface area contributed by atoms with Crippen molar-refractivity contribution in [2.24, 2.45) is 0 Å². The molecule has 29 heavy (non-hydrogen) atoms. The Morgan fingerprint density at radius 2 is 1.66 bits per heavy atom. The summed E-state index contributed by atoms with van der Waals surface area (Å²) >= 11 is 3.45. The van der Waals surface area contributed by atoms with Crippen molar-refractivity contribution in [2.75, 3.05) is 49.7 Å². The second kappa shape index (κ2) is 8.81. The molecule has 0 atom stereocenters. The highest BCUT2D eigenvalue weighted by Gasteiger charge is 2.41. The van der Waals surface area contributed by atoms with Crippen LogP contribution in [0.25, 0.3) is 0 Å². The first-order valence-corrected chi connectivity index (χ1v) is 10.7. The van der Waals surface area contributed by atoms with Gasteiger partial charge < -0.3 is 19.7 Å². The van der Waals surface area contributed by atoms with Gasteiger partial charge >= 0.3 is 0 Å². The topological polar surface area (TPSA) is 50.8 Å². The van der Waals surface area contributed by atoms with Crippen LogP contribution in [-0.2, 0) is 19.7 Å². The number of anilines is 2. The van der Waals surface area contributed by atoms with Crippen LogP contribution in [0.1, 0.15) is 18.4 Å². The summed E-state index contributed by atoms with van der Waals surface area (Å²) in [5.41, 5.74) is 1.28. The number of morpholine rings is 1. The van der Waals surface area contributed by atoms with E-state index in [0.717, 1.165) is 10.0 Å². The van der Waals surface area contributed by atoms with Crippen molar-refractivity contribution in [3.8, 4) is 0 Å². The van der Waals surface area contributed by atoms with E-state index < -0.39 is 5.41 Å². The second-order valence-corrected chi connectivity index (χ2v) is 8.34. The third-order valence-corrected chi connectivity index (χ3v) is 6.26. The summed E-state index contributed by atoms with van der Waals surface area (Å²) < 4.78 is 26.5. The second-order valence-electron chi connectivity index (χ2n) is 7.42. The lowest BCUT2D eigenvalue weighted by Crippen LogP contribution is -2.44. The Kier molecular flexibility index (Phi) is 6.18. The molecule has 2 saturated heterocycles. The summed E-state index contributed by atoms with van der Waals surface area (Å²) in [7, 11) is 0. The largest absolute Gasteiger partial charge is 0.381 e. The predicted molar refractivity (Wildman–Crippen MR) is 114 cm³/mol. The predicted octanol–water partition coefficient (Wildman–Crippen LogP) is 4.11. The number of carbonyl (C=O) groups is 1. The number of hydrogen-bond acceptors (Lipinski definition) is 4. The Balaban J connectivity index is 1.56. The van der Waals surface area contributed by atoms with Crippen LogP contribution in [0.4, 0.5) is 15.8 Å². The molecule has 2 fully saturated rings. The number of rotatable bonds is 4. The fraction of sp³-hybridized carbons (Fsp3) is 0.409. The van der Waals surface area contributed by atoms with Crippen molar-refractivity contribution in [3.63, 3.8) is 0 Å². The van der Waals surface area contributed by atoms with Crippen molar-refractivity contribution >= 4 is 33.2 Å². The van der Waals surface area contributed by atoms with Gasteiger partial charge in [-0.2, -0.15) is 0 Å². The fourth-order valence-corrected chi connectivity index (χ4v) is 4.30. The molecule has 2 aliphatic rings. The molecule has 0 bridgehead atoms. The van der Waals surface area contributed by atoms with Gasteiger partial charge in [0.2, 0.25) is 5.91 Å². The van der Waals surface area contributed by atoms with Gasteiger partial charge in [-0.25, -0.2) is 4.39 Å². The fourth-order valence-electron chi connectivity index (χ4n) is 4.03. The van der Waals surface area contributed by atoms with Crippen LogP contribution >= 0.6 is 15.9 Å². The molecule has 2 aromatic carbocycles. The van der Waals surface area contributed by atoms with Crippen molar-refractivity contribution < 1.29 is 18.7 Å². The number of benzene rings is 2. The average molecular weight is 463 g/mol. The highest BCUT2D eigenvalue weighted by Crippen LogP contribution is 2.37. The normalized spacial score (nSPS) is 19.0. The number of nitrogens with zero attached hydrogens (tertiary/aromatic N) is 1. The third-order valence-electron chi connectivity index (χ3n) is 5.74. The van der Waals surface area contributed by atoms with Crippen LogP contribution in [-0.4, -0.2) is 45.4 Å². The molecule has 2 aliphatic heterocycles. The molecule has 154 valence electrons. The van der Waals surface area contributed by atoms with Crippen molar-refractivity contribution in [1.29, 1.82) is 0 Å². The highest BCUT2D eigenvalue weighted by atomic mass is 79.9. The third kappa shape index (κ3) is 4.32. The van der Waals surface area contributed by atoms with E-state index in [4.69, 9.17) is 9.47 Å². The Labute approximate surface area is 178 Å². The Bertz CT molecular complexity index is 863. The van der Waals surface area contributed by atoms with E-state index in [-0.39, 0.29) is 11.7 Å². The van der Waals surface area contributed by atoms with Gasteiger partial charge in [-0.05, 0) is 48.7 Å². The van der Waals surface area contributed by atoms with Gasteiger partial charge in [0, 0.05) is 36.5 Å². The summed E-state index contributed by atoms with van der Waals surface area (Å²) in [6, 6.07) is 12.7. The Hall–Kier alpha value is -1.96. The summed E-state index contributed by atoms with van der Waals surface area (Å²) in [6.07, 6.45) is 1.18. The maximum absolute atomic E-state index is 14.7. The quantitative estimate of drug-likeness (QED) is 0.742. The molecule has 0 saturated carbocycles. The van der Waals surface area contributed by atoms with E-state index in [2.05, 4.69) is 21.2 Å². The van der Waals surface area contributed by atoms with E-state index in [0.29, 0.717) is 63.7 Å². The highest BCUT2D eigenvalue weighted by molar-refractivity contribution is 9.10. The molecule has 1 amide bonds. The first-order valence-electron chi connectivity index (χ1n) is 9.86. The van der Waals surface area contributed by atoms with Crippen LogP contribution in [0.3, 0.4) is 0 Å². The number of ether oxygens (including phenoxy) is 2. The van der Waals surface area contributed by atoms with Crippen molar-refractivity contribution in [1.82, 2.24) is 0 Å². The number of amides is 1. The van der Waals surface area contributed by atoms with Crippen LogP contribution in [0, 0.1) is 5.82 Å². The van der Waals surface area contributed by atoms with Crippen LogP contribution in [0.5, 0.6) is 0 Å². The molecule has 2 aromatic rings. The number of carbonyl (C=O) groups excluding carboxylic acids is 1. The minimum absolute atomic E-state index is 0.123. The Morgan fingerprint density at radius 1 is 1.00 bits per heavy atom. The first-order chi connectivity index (χ1) is 14.1. The molecule has 0 spiro atoms. The summed E-state index contributed by atoms with van der Waals surface area (Å²) in [4.78, 5) is 15.3. The number of halogens is 2. The van der Waals surface area contributed by atoms with E-state index in [1.807, 2.05) is 29.2 Å². The molecule has 0 aliphatic carbocycles. The number of nitrogens with one attached hydrogen (secondary N) is 1. The molecular weight excluding hydrogens is 439 g/mol. The van der Waals surface area contributed by atoms with E-state index >= 15 is 0 Å². The average Bonchev–Trinajstić information content (AvgIpc) is 2.75. The van der Waals surface area contributed by atoms with Gasteiger partial charge in [-0.15, -0.1) is 0 Å². The summed E-state index contributed by atoms with van der Waals surface area (Å²) in [5.74, 6) is -0.462. The molecule has 2 heterocycles. The molecule has 1 N–H and O–H groups in total. The lowest BCUT2D eigenvalue weighted by atomic mass is 9.73. The zero-order valence-corrected chi connectivity index (χ0v) is 17.7. The lowest BCUT2D eigenvalue weighted by molar-refractivity contribution is -0.125. The molecule has 4 rings (SSSR count). The van der Waals surface area contributed by atoms with Gasteiger partial charge in [-0.1, -0.05) is 28.1 Å². The van der Waals surface area contributed by atoms with Gasteiger partial charge in [0.1, 0.15) is 5.82 Å². The summed E-state index contributed by atoms with van der Waals surface area (Å²) in [6.45, 7) is 3.55. The lowest BCUT2D eigenvalue weighted by Gasteiger charge is -2.36. The zero-order valence-electron chi connectivity index (χ0n) is 16.1. The monoisotopic (exact) mass is 462 g/mol. The minimum atomic E-state index is -0.682. The van der Waals surface area contributed by atoms with Crippen LogP contribution in [0.2, 0.25) is 0 Å². The van der Waals surface area contributed by atoms with Gasteiger partial charge in [0.25, 0.3) is 0 Å². The van der Waals surface area contributed by atoms with Gasteiger partial charge in [0.15, 0.2) is 0 Å². The Morgan fingerprint density at radius 3 is 2.31 bits per heavy atom. The molecule has 7 heteroatoms. The molecule has 5 nitrogen and oxygen atoms in total. The smallest absolute Gasteiger partial charge is 0.235 e. The molecule has 0 unspecified atom stereocenters. The molecular formula is C22H24BrFN2O3. The molecule has 0 aromatic heterocycles. The standard InChI is InChI=1S/C22H24BrFN2O3/c23-17-3-1-16(2-4-17)22(7-11-28-12-8-22)21(27)25-18-5-6-20(19(24)15-18)26-9-13-29-14-10-26/h1-6,15H,7-14H2,(H,25,27). The maximum Gasteiger partial charge on any atom is 0.235 e. The van der Waals surface area contributed by atoms with E-state index in [9.17, 15) is 9.18 Å². The van der Waals surface area contributed by atoms with E-state index in [1.54, 1.807) is 12.1 Å². The SMILES string of the molecule is O=C(Nc1ccc(N2CCOCC2)c(F)c1)C1(c2ccc(Br)cc2)CCOCC1. The number of hydrogen-bond donors (Lipinski definition) is 1.